The third-order valence-electron chi connectivity index (χ3n) is 9.22. The molecule has 316 valence electrons. The van der Waals surface area contributed by atoms with Crippen molar-refractivity contribution in [2.24, 2.45) is 22.2 Å². The molecule has 0 bridgehead atoms. The van der Waals surface area contributed by atoms with Crippen molar-refractivity contribution < 1.29 is 33.9 Å². The number of amides is 5. The largest absolute Gasteiger partial charge is 0.480 e. The number of rotatable bonds is 24. The van der Waals surface area contributed by atoms with Crippen LogP contribution in [0.1, 0.15) is 36.1 Å². The van der Waals surface area contributed by atoms with E-state index in [1.165, 1.54) is 24.3 Å². The van der Waals surface area contributed by atoms with Gasteiger partial charge in [0, 0.05) is 54.8 Å². The monoisotopic (exact) mass is 832 g/mol. The number of carboxylic acids is 1. The Labute approximate surface area is 344 Å². The molecule has 19 nitrogen and oxygen atoms in total. The number of carboxylic acid groups (broad SMARTS) is 1. The van der Waals surface area contributed by atoms with E-state index >= 15 is 0 Å². The third kappa shape index (κ3) is 14.8. The van der Waals surface area contributed by atoms with E-state index in [4.69, 9.17) is 17.2 Å². The molecule has 5 unspecified atom stereocenters. The molecule has 0 aliphatic carbocycles. The fourth-order valence-electron chi connectivity index (χ4n) is 6.14. The number of benzene rings is 2. The highest BCUT2D eigenvalue weighted by Crippen LogP contribution is 2.19. The Morgan fingerprint density at radius 3 is 2.05 bits per heavy atom. The first-order valence-corrected chi connectivity index (χ1v) is 20.3. The highest BCUT2D eigenvalue weighted by molar-refractivity contribution is 7.98. The minimum Gasteiger partial charge on any atom is -0.480 e. The Kier molecular flexibility index (Phi) is 17.7. The van der Waals surface area contributed by atoms with E-state index in [2.05, 4.69) is 46.5 Å². The number of fused-ring (bicyclic) bond motifs is 1. The molecule has 0 fully saturated rings. The van der Waals surface area contributed by atoms with Crippen molar-refractivity contribution in [2.45, 2.75) is 68.7 Å². The molecule has 2 aromatic heterocycles. The predicted molar refractivity (Wildman–Crippen MR) is 224 cm³/mol. The quantitative estimate of drug-likeness (QED) is 0.0235. The number of carbonyl (C=O) groups is 6. The summed E-state index contributed by atoms with van der Waals surface area (Å²) in [5.74, 6) is -4.28. The maximum absolute atomic E-state index is 14.3. The highest BCUT2D eigenvalue weighted by Gasteiger charge is 2.33. The molecule has 4 aromatic rings. The first kappa shape index (κ1) is 45.3. The summed E-state index contributed by atoms with van der Waals surface area (Å²) in [5.41, 5.74) is 19.7. The molecule has 0 aliphatic heterocycles. The lowest BCUT2D eigenvalue weighted by Gasteiger charge is -2.27. The van der Waals surface area contributed by atoms with Crippen molar-refractivity contribution >= 4 is 64.1 Å². The number of nitrogens with one attached hydrogen (secondary N) is 7. The van der Waals surface area contributed by atoms with Crippen molar-refractivity contribution in [2.75, 3.05) is 25.1 Å². The van der Waals surface area contributed by atoms with Gasteiger partial charge in [0.05, 0.1) is 12.4 Å². The average molecular weight is 833 g/mol. The molecule has 4 rings (SSSR count). The lowest BCUT2D eigenvalue weighted by atomic mass is 10.0. The fourth-order valence-corrected chi connectivity index (χ4v) is 6.63. The van der Waals surface area contributed by atoms with Gasteiger partial charge in [0.15, 0.2) is 5.96 Å². The Bertz CT molecular complexity index is 2040. The number of nitrogens with two attached hydrogens (primary N) is 3. The minimum absolute atomic E-state index is 0.0110. The standard InChI is InChI=1S/C39H52N12O7S/c1-59-15-13-27(40)34(54)48-29(12-7-14-44-39(41)42)36(56)51-32(18-25-20-43-22-47-25)38(58)49-30(16-23-8-3-2-4-9-23)37(57)50-31(35(55)46-21-33(52)53)17-24-19-45-28-11-6-5-10-26(24)28/h2-6,8-11,19-20,22,27,29-32,45H,7,12-18,21,40H2,1H3,(H,43,47)(H,46,55)(H,48,54)(H,49,58)(H,50,57)(H,51,56)(H,52,53)(H4,41,42,44). The number of para-hydroxylation sites is 1. The van der Waals surface area contributed by atoms with Crippen LogP contribution in [0.2, 0.25) is 0 Å². The van der Waals surface area contributed by atoms with Crippen LogP contribution in [0.4, 0.5) is 0 Å². The van der Waals surface area contributed by atoms with Crippen molar-refractivity contribution in [3.05, 3.63) is 90.1 Å². The number of aromatic amines is 2. The van der Waals surface area contributed by atoms with Gasteiger partial charge in [-0.3, -0.25) is 33.8 Å². The van der Waals surface area contributed by atoms with Crippen molar-refractivity contribution in [3.8, 4) is 0 Å². The van der Waals surface area contributed by atoms with Crippen LogP contribution in [0.25, 0.3) is 10.9 Å². The van der Waals surface area contributed by atoms with Gasteiger partial charge in [-0.2, -0.15) is 11.8 Å². The molecule has 59 heavy (non-hydrogen) atoms. The topological polar surface area (TPSA) is 318 Å². The van der Waals surface area contributed by atoms with E-state index in [0.29, 0.717) is 35.4 Å². The summed E-state index contributed by atoms with van der Waals surface area (Å²) in [5, 5.41) is 23.3. The molecular formula is C39H52N12O7S. The molecule has 0 saturated carbocycles. The predicted octanol–water partition coefficient (Wildman–Crippen LogP) is -0.807. The lowest BCUT2D eigenvalue weighted by Crippen LogP contribution is -2.60. The number of hydrogen-bond acceptors (Lipinski definition) is 10. The number of aliphatic carboxylic acids is 1. The van der Waals surface area contributed by atoms with Crippen LogP contribution in [0, 0.1) is 0 Å². The summed E-state index contributed by atoms with van der Waals surface area (Å²) in [6.07, 6.45) is 7.13. The van der Waals surface area contributed by atoms with Gasteiger partial charge in [-0.25, -0.2) is 4.98 Å². The normalized spacial score (nSPS) is 13.5. The molecule has 0 spiro atoms. The number of carbonyl (C=O) groups excluding carboxylic acids is 5. The van der Waals surface area contributed by atoms with E-state index < -0.39 is 72.3 Å². The zero-order chi connectivity index (χ0) is 42.7. The summed E-state index contributed by atoms with van der Waals surface area (Å²) >= 11 is 1.52. The van der Waals surface area contributed by atoms with Gasteiger partial charge >= 0.3 is 5.97 Å². The van der Waals surface area contributed by atoms with E-state index in [9.17, 15) is 33.9 Å². The fraction of sp³-hybridized carbons (Fsp3) is 0.385. The van der Waals surface area contributed by atoms with Gasteiger partial charge in [-0.15, -0.1) is 0 Å². The maximum atomic E-state index is 14.3. The molecule has 0 aliphatic rings. The van der Waals surface area contributed by atoms with Crippen LogP contribution < -0.4 is 43.8 Å². The van der Waals surface area contributed by atoms with Gasteiger partial charge in [-0.1, -0.05) is 48.5 Å². The molecule has 0 radical (unpaired) electrons. The number of hydrogen-bond donors (Lipinski definition) is 11. The third-order valence-corrected chi connectivity index (χ3v) is 9.87. The van der Waals surface area contributed by atoms with Gasteiger partial charge < -0.3 is 58.9 Å². The van der Waals surface area contributed by atoms with Crippen LogP contribution in [0.5, 0.6) is 0 Å². The van der Waals surface area contributed by atoms with Crippen LogP contribution >= 0.6 is 11.8 Å². The van der Waals surface area contributed by atoms with Gasteiger partial charge in [0.2, 0.25) is 29.5 Å². The first-order chi connectivity index (χ1) is 28.3. The Morgan fingerprint density at radius 2 is 1.41 bits per heavy atom. The SMILES string of the molecule is CSCCC(N)C(=O)NC(CCCN=C(N)N)C(=O)NC(Cc1cnc[nH]1)C(=O)NC(Cc1ccccc1)C(=O)NC(Cc1c[nH]c2ccccc12)C(=O)NCC(=O)O. The molecule has 5 atom stereocenters. The Morgan fingerprint density at radius 1 is 0.780 bits per heavy atom. The average Bonchev–Trinajstić information content (AvgIpc) is 3.89. The molecule has 2 heterocycles. The van der Waals surface area contributed by atoms with E-state index in [-0.39, 0.29) is 38.2 Å². The maximum Gasteiger partial charge on any atom is 0.322 e. The van der Waals surface area contributed by atoms with Crippen molar-refractivity contribution in [1.29, 1.82) is 0 Å². The number of thioether (sulfide) groups is 1. The summed E-state index contributed by atoms with van der Waals surface area (Å²) in [7, 11) is 0. The van der Waals surface area contributed by atoms with Crippen molar-refractivity contribution in [3.63, 3.8) is 0 Å². The smallest absolute Gasteiger partial charge is 0.322 e. The number of nitrogens with zero attached hydrogens (tertiary/aromatic N) is 2. The first-order valence-electron chi connectivity index (χ1n) is 18.9. The van der Waals surface area contributed by atoms with Crippen molar-refractivity contribution in [1.82, 2.24) is 41.5 Å². The minimum atomic E-state index is -1.29. The zero-order valence-corrected chi connectivity index (χ0v) is 33.4. The summed E-state index contributed by atoms with van der Waals surface area (Å²) in [4.78, 5) is 94.3. The summed E-state index contributed by atoms with van der Waals surface area (Å²) in [6.45, 7) is -0.512. The van der Waals surface area contributed by atoms with E-state index in [0.717, 1.165) is 10.9 Å². The Balaban J connectivity index is 1.61. The molecule has 0 saturated heterocycles. The van der Waals surface area contributed by atoms with E-state index in [1.54, 1.807) is 36.5 Å². The summed E-state index contributed by atoms with van der Waals surface area (Å²) in [6, 6.07) is 10.4. The van der Waals surface area contributed by atoms with Crippen LogP contribution in [-0.4, -0.2) is 117 Å². The molecule has 20 heteroatoms. The lowest BCUT2D eigenvalue weighted by molar-refractivity contribution is -0.138. The second kappa shape index (κ2) is 23.1. The van der Waals surface area contributed by atoms with Gasteiger partial charge in [-0.05, 0) is 48.5 Å². The van der Waals surface area contributed by atoms with Crippen LogP contribution in [0.3, 0.4) is 0 Å². The second-order valence-electron chi connectivity index (χ2n) is 13.7. The molecule has 2 aromatic carbocycles. The Hall–Kier alpha value is -6.41. The van der Waals surface area contributed by atoms with Crippen LogP contribution in [0.15, 0.2) is 78.3 Å². The molecule has 5 amide bonds. The number of aliphatic imine (C=N–C) groups is 1. The molecular weight excluding hydrogens is 781 g/mol. The van der Waals surface area contributed by atoms with E-state index in [1.807, 2.05) is 30.5 Å². The summed E-state index contributed by atoms with van der Waals surface area (Å²) < 4.78 is 0. The highest BCUT2D eigenvalue weighted by atomic mass is 32.2. The van der Waals surface area contributed by atoms with Gasteiger partial charge in [0.25, 0.3) is 0 Å². The molecule has 14 N–H and O–H groups in total. The number of imidazole rings is 1. The number of H-pyrrole nitrogens is 2. The zero-order valence-electron chi connectivity index (χ0n) is 32.6. The van der Waals surface area contributed by atoms with Crippen LogP contribution in [-0.2, 0) is 48.0 Å². The van der Waals surface area contributed by atoms with Gasteiger partial charge in [0.1, 0.15) is 30.7 Å². The number of aromatic nitrogens is 3. The second-order valence-corrected chi connectivity index (χ2v) is 14.7. The number of guanidine groups is 1.